The van der Waals surface area contributed by atoms with E-state index in [0.29, 0.717) is 5.75 Å². The highest BCUT2D eigenvalue weighted by Gasteiger charge is 2.21. The number of aromatic nitrogens is 1. The van der Waals surface area contributed by atoms with E-state index in [1.54, 1.807) is 6.07 Å². The van der Waals surface area contributed by atoms with Crippen LogP contribution >= 0.6 is 0 Å². The van der Waals surface area contributed by atoms with Crippen molar-refractivity contribution in [3.63, 3.8) is 0 Å². The zero-order chi connectivity index (χ0) is 18.5. The summed E-state index contributed by atoms with van der Waals surface area (Å²) in [6.45, 7) is 0. The zero-order valence-electron chi connectivity index (χ0n) is 15.4. The number of benzene rings is 2. The molecular formula is C24H25NO2. The summed E-state index contributed by atoms with van der Waals surface area (Å²) in [6, 6.07) is 20.4. The van der Waals surface area contributed by atoms with Crippen LogP contribution in [0.25, 0.3) is 0 Å². The van der Waals surface area contributed by atoms with E-state index in [1.807, 2.05) is 30.6 Å². The maximum atomic E-state index is 10.3. The van der Waals surface area contributed by atoms with E-state index in [-0.39, 0.29) is 17.8 Å². The van der Waals surface area contributed by atoms with Crippen LogP contribution in [-0.4, -0.2) is 16.2 Å². The number of phenols is 1. The van der Waals surface area contributed by atoms with Crippen molar-refractivity contribution in [2.45, 2.75) is 44.1 Å². The highest BCUT2D eigenvalue weighted by molar-refractivity contribution is 5.46. The Morgan fingerprint density at radius 1 is 0.926 bits per heavy atom. The van der Waals surface area contributed by atoms with Crippen LogP contribution in [0, 0.1) is 0 Å². The van der Waals surface area contributed by atoms with E-state index in [1.165, 1.54) is 24.0 Å². The summed E-state index contributed by atoms with van der Waals surface area (Å²) in [5.41, 5.74) is 3.65. The van der Waals surface area contributed by atoms with Crippen molar-refractivity contribution in [1.29, 1.82) is 0 Å². The molecule has 3 nitrogen and oxygen atoms in total. The average Bonchev–Trinajstić information content (AvgIpc) is 3.23. The van der Waals surface area contributed by atoms with Crippen molar-refractivity contribution in [1.82, 2.24) is 4.98 Å². The van der Waals surface area contributed by atoms with Crippen molar-refractivity contribution in [2.75, 3.05) is 0 Å². The molecule has 1 N–H and O–H groups in total. The van der Waals surface area contributed by atoms with Gasteiger partial charge in [0.1, 0.15) is 0 Å². The SMILES string of the molecule is Oc1ccc([C@H](Cc2ccncc2)c2ccccc2)cc1OC1CCCC1. The van der Waals surface area contributed by atoms with Gasteiger partial charge in [0.2, 0.25) is 0 Å². The van der Waals surface area contributed by atoms with E-state index in [2.05, 4.69) is 41.4 Å². The van der Waals surface area contributed by atoms with Gasteiger partial charge < -0.3 is 9.84 Å². The molecule has 0 spiro atoms. The molecule has 2 aromatic carbocycles. The van der Waals surface area contributed by atoms with Gasteiger partial charge in [-0.05, 0) is 73.1 Å². The molecule has 0 amide bonds. The smallest absolute Gasteiger partial charge is 0.161 e. The van der Waals surface area contributed by atoms with Crippen LogP contribution < -0.4 is 4.74 Å². The number of aromatic hydroxyl groups is 1. The minimum atomic E-state index is 0.195. The molecule has 4 rings (SSSR count). The lowest BCUT2D eigenvalue weighted by Gasteiger charge is -2.21. The molecule has 1 heterocycles. The normalized spacial score (nSPS) is 15.6. The molecule has 0 saturated heterocycles. The minimum absolute atomic E-state index is 0.195. The summed E-state index contributed by atoms with van der Waals surface area (Å²) in [6.07, 6.45) is 9.33. The summed E-state index contributed by atoms with van der Waals surface area (Å²) in [7, 11) is 0. The Hall–Kier alpha value is -2.81. The Bertz CT molecular complexity index is 858. The van der Waals surface area contributed by atoms with E-state index >= 15 is 0 Å². The van der Waals surface area contributed by atoms with Gasteiger partial charge >= 0.3 is 0 Å². The van der Waals surface area contributed by atoms with Gasteiger partial charge in [-0.15, -0.1) is 0 Å². The van der Waals surface area contributed by atoms with Crippen LogP contribution in [0.3, 0.4) is 0 Å². The average molecular weight is 359 g/mol. The fraction of sp³-hybridized carbons (Fsp3) is 0.292. The number of nitrogens with zero attached hydrogens (tertiary/aromatic N) is 1. The molecule has 3 heteroatoms. The predicted molar refractivity (Wildman–Crippen MR) is 107 cm³/mol. The van der Waals surface area contributed by atoms with E-state index in [4.69, 9.17) is 4.74 Å². The monoisotopic (exact) mass is 359 g/mol. The first-order valence-electron chi connectivity index (χ1n) is 9.73. The maximum Gasteiger partial charge on any atom is 0.161 e. The highest BCUT2D eigenvalue weighted by Crippen LogP contribution is 2.36. The summed E-state index contributed by atoms with van der Waals surface area (Å²) in [5, 5.41) is 10.3. The fourth-order valence-electron chi connectivity index (χ4n) is 3.90. The van der Waals surface area contributed by atoms with Crippen molar-refractivity contribution >= 4 is 0 Å². The van der Waals surface area contributed by atoms with Crippen LogP contribution in [0.4, 0.5) is 0 Å². The summed E-state index contributed by atoms with van der Waals surface area (Å²) in [5.74, 6) is 1.02. The number of rotatable bonds is 6. The molecule has 1 aliphatic rings. The van der Waals surface area contributed by atoms with Gasteiger partial charge in [0, 0.05) is 18.3 Å². The van der Waals surface area contributed by atoms with Gasteiger partial charge in [0.15, 0.2) is 11.5 Å². The van der Waals surface area contributed by atoms with Crippen molar-refractivity contribution in [3.05, 3.63) is 89.7 Å². The minimum Gasteiger partial charge on any atom is -0.504 e. The van der Waals surface area contributed by atoms with E-state index < -0.39 is 0 Å². The van der Waals surface area contributed by atoms with Crippen LogP contribution in [-0.2, 0) is 6.42 Å². The van der Waals surface area contributed by atoms with Gasteiger partial charge in [-0.2, -0.15) is 0 Å². The molecule has 1 aliphatic carbocycles. The molecule has 0 unspecified atom stereocenters. The third-order valence-corrected chi connectivity index (χ3v) is 5.37. The maximum absolute atomic E-state index is 10.3. The molecule has 1 aromatic heterocycles. The van der Waals surface area contributed by atoms with Gasteiger partial charge in [0.05, 0.1) is 6.10 Å². The standard InChI is InChI=1S/C24H25NO2/c26-23-11-10-20(17-24(23)27-21-8-4-5-9-21)22(19-6-2-1-3-7-19)16-18-12-14-25-15-13-18/h1-3,6-7,10-15,17,21-22,26H,4-5,8-9,16H2/t22-/m1/s1. The Kier molecular flexibility index (Phi) is 5.38. The van der Waals surface area contributed by atoms with Gasteiger partial charge in [-0.25, -0.2) is 0 Å². The van der Waals surface area contributed by atoms with E-state index in [9.17, 15) is 5.11 Å². The van der Waals surface area contributed by atoms with Crippen molar-refractivity contribution in [2.24, 2.45) is 0 Å². The quantitative estimate of drug-likeness (QED) is 0.633. The lowest BCUT2D eigenvalue weighted by molar-refractivity contribution is 0.201. The Balaban J connectivity index is 1.66. The fourth-order valence-corrected chi connectivity index (χ4v) is 3.90. The molecular weight excluding hydrogens is 334 g/mol. The van der Waals surface area contributed by atoms with Gasteiger partial charge in [-0.1, -0.05) is 36.4 Å². The first-order chi connectivity index (χ1) is 13.3. The highest BCUT2D eigenvalue weighted by atomic mass is 16.5. The van der Waals surface area contributed by atoms with E-state index in [0.717, 1.165) is 24.8 Å². The molecule has 3 aromatic rings. The number of hydrogen-bond donors (Lipinski definition) is 1. The van der Waals surface area contributed by atoms with Gasteiger partial charge in [-0.3, -0.25) is 4.98 Å². The first kappa shape index (κ1) is 17.6. The van der Waals surface area contributed by atoms with Crippen molar-refractivity contribution in [3.8, 4) is 11.5 Å². The topological polar surface area (TPSA) is 42.4 Å². The van der Waals surface area contributed by atoms with Crippen LogP contribution in [0.5, 0.6) is 11.5 Å². The summed E-state index contributed by atoms with van der Waals surface area (Å²) >= 11 is 0. The molecule has 1 fully saturated rings. The molecule has 0 bridgehead atoms. The number of ether oxygens (including phenoxy) is 1. The molecule has 0 radical (unpaired) electrons. The number of phenolic OH excluding ortho intramolecular Hbond substituents is 1. The van der Waals surface area contributed by atoms with Gasteiger partial charge in [0.25, 0.3) is 0 Å². The second-order valence-corrected chi connectivity index (χ2v) is 7.27. The third kappa shape index (κ3) is 4.30. The summed E-state index contributed by atoms with van der Waals surface area (Å²) in [4.78, 5) is 4.13. The number of hydrogen-bond acceptors (Lipinski definition) is 3. The molecule has 1 saturated carbocycles. The second kappa shape index (κ2) is 8.26. The lowest BCUT2D eigenvalue weighted by Crippen LogP contribution is -2.12. The zero-order valence-corrected chi connectivity index (χ0v) is 15.4. The van der Waals surface area contributed by atoms with Crippen LogP contribution in [0.15, 0.2) is 73.1 Å². The molecule has 1 atom stereocenters. The molecule has 27 heavy (non-hydrogen) atoms. The molecule has 0 aliphatic heterocycles. The van der Waals surface area contributed by atoms with Crippen molar-refractivity contribution < 1.29 is 9.84 Å². The first-order valence-corrected chi connectivity index (χ1v) is 9.73. The summed E-state index contributed by atoms with van der Waals surface area (Å²) < 4.78 is 6.12. The largest absolute Gasteiger partial charge is 0.504 e. The predicted octanol–water partition coefficient (Wildman–Crippen LogP) is 5.48. The molecule has 138 valence electrons. The second-order valence-electron chi connectivity index (χ2n) is 7.27. The Morgan fingerprint density at radius 2 is 1.67 bits per heavy atom. The van der Waals surface area contributed by atoms with Crippen LogP contribution in [0.1, 0.15) is 48.3 Å². The Morgan fingerprint density at radius 3 is 2.41 bits per heavy atom. The van der Waals surface area contributed by atoms with Crippen LogP contribution in [0.2, 0.25) is 0 Å². The lowest BCUT2D eigenvalue weighted by atomic mass is 9.86. The Labute approximate surface area is 160 Å². The third-order valence-electron chi connectivity index (χ3n) is 5.37. The number of pyridine rings is 1.